The van der Waals surface area contributed by atoms with E-state index in [0.717, 1.165) is 16.8 Å². The Bertz CT molecular complexity index is 949. The zero-order valence-electron chi connectivity index (χ0n) is 17.1. The number of aromatic nitrogens is 2. The number of benzene rings is 1. The summed E-state index contributed by atoms with van der Waals surface area (Å²) in [6.45, 7) is 6.33. The van der Waals surface area contributed by atoms with Gasteiger partial charge in [0.25, 0.3) is 5.91 Å². The molecule has 0 aliphatic rings. The summed E-state index contributed by atoms with van der Waals surface area (Å²) in [5.41, 5.74) is -2.33. The molecule has 1 aromatic carbocycles. The minimum Gasteiger partial charge on any atom is -0.350 e. The Kier molecular flexibility index (Phi) is 6.52. The van der Waals surface area contributed by atoms with Gasteiger partial charge in [0.1, 0.15) is 0 Å². The second-order valence-electron chi connectivity index (χ2n) is 8.01. The van der Waals surface area contributed by atoms with Crippen LogP contribution < -0.4 is 10.7 Å². The van der Waals surface area contributed by atoms with Crippen molar-refractivity contribution in [3.8, 4) is 5.69 Å². The predicted octanol–water partition coefficient (Wildman–Crippen LogP) is 2.88. The van der Waals surface area contributed by atoms with E-state index in [1.54, 1.807) is 0 Å². The quantitative estimate of drug-likeness (QED) is 0.795. The van der Waals surface area contributed by atoms with Crippen LogP contribution in [0, 0.1) is 12.3 Å². The van der Waals surface area contributed by atoms with Crippen LogP contribution in [0.15, 0.2) is 35.1 Å². The van der Waals surface area contributed by atoms with Crippen LogP contribution >= 0.6 is 0 Å². The lowest BCUT2D eigenvalue weighted by atomic mass is 9.93. The maximum absolute atomic E-state index is 13.4. The van der Waals surface area contributed by atoms with Gasteiger partial charge in [0, 0.05) is 24.8 Å². The monoisotopic (exact) mass is 410 g/mol. The number of carbonyl (C=O) groups excluding carboxylic acids is 1. The molecule has 1 heterocycles. The largest absolute Gasteiger partial charge is 0.418 e. The number of amides is 1. The Morgan fingerprint density at radius 3 is 2.41 bits per heavy atom. The molecule has 1 aromatic heterocycles. The van der Waals surface area contributed by atoms with E-state index >= 15 is 0 Å². The lowest BCUT2D eigenvalue weighted by molar-refractivity contribution is -0.137. The van der Waals surface area contributed by atoms with Gasteiger partial charge >= 0.3 is 6.18 Å². The van der Waals surface area contributed by atoms with E-state index in [4.69, 9.17) is 0 Å². The first kappa shape index (κ1) is 22.6. The lowest BCUT2D eigenvalue weighted by Crippen LogP contribution is -2.41. The van der Waals surface area contributed by atoms with Gasteiger partial charge in [-0.05, 0) is 38.6 Å². The molecule has 0 bridgehead atoms. The molecule has 0 unspecified atom stereocenters. The molecule has 0 saturated heterocycles. The number of nitrogens with zero attached hydrogens (tertiary/aromatic N) is 3. The Balaban J connectivity index is 2.41. The molecule has 9 heteroatoms. The Morgan fingerprint density at radius 2 is 1.83 bits per heavy atom. The van der Waals surface area contributed by atoms with Crippen molar-refractivity contribution in [3.63, 3.8) is 0 Å². The SMILES string of the molecule is Cc1cc(=O)c(C(=O)NCC(C)(C)CN(C)C)nn1-c1ccccc1C(F)(F)F. The molecule has 0 aliphatic heterocycles. The number of hydrogen-bond donors (Lipinski definition) is 1. The molecule has 1 amide bonds. The van der Waals surface area contributed by atoms with Crippen molar-refractivity contribution in [3.05, 3.63) is 57.5 Å². The van der Waals surface area contributed by atoms with Crippen molar-refractivity contribution in [2.45, 2.75) is 26.9 Å². The highest BCUT2D eigenvalue weighted by Gasteiger charge is 2.34. The number of nitrogens with one attached hydrogen (secondary N) is 1. The van der Waals surface area contributed by atoms with Gasteiger partial charge in [0.2, 0.25) is 5.43 Å². The summed E-state index contributed by atoms with van der Waals surface area (Å²) in [6, 6.07) is 5.99. The maximum atomic E-state index is 13.4. The van der Waals surface area contributed by atoms with Gasteiger partial charge in [-0.15, -0.1) is 0 Å². The highest BCUT2D eigenvalue weighted by atomic mass is 19.4. The number of hydrogen-bond acceptors (Lipinski definition) is 4. The van der Waals surface area contributed by atoms with Crippen molar-refractivity contribution >= 4 is 5.91 Å². The van der Waals surface area contributed by atoms with E-state index < -0.39 is 28.8 Å². The number of para-hydroxylation sites is 1. The zero-order valence-corrected chi connectivity index (χ0v) is 17.1. The van der Waals surface area contributed by atoms with Crippen LogP contribution in [0.1, 0.15) is 35.6 Å². The molecule has 0 aliphatic carbocycles. The summed E-state index contributed by atoms with van der Waals surface area (Å²) in [5.74, 6) is -0.722. The van der Waals surface area contributed by atoms with Gasteiger partial charge in [-0.25, -0.2) is 4.68 Å². The molecule has 0 saturated carbocycles. The molecule has 0 radical (unpaired) electrons. The van der Waals surface area contributed by atoms with Gasteiger partial charge in [0.05, 0.1) is 11.3 Å². The summed E-state index contributed by atoms with van der Waals surface area (Å²) in [6.07, 6.45) is -4.60. The predicted molar refractivity (Wildman–Crippen MR) is 104 cm³/mol. The highest BCUT2D eigenvalue weighted by Crippen LogP contribution is 2.33. The average molecular weight is 410 g/mol. The summed E-state index contributed by atoms with van der Waals surface area (Å²) < 4.78 is 41.1. The highest BCUT2D eigenvalue weighted by molar-refractivity contribution is 5.92. The minimum atomic E-state index is -4.60. The Morgan fingerprint density at radius 1 is 1.21 bits per heavy atom. The van der Waals surface area contributed by atoms with Crippen molar-refractivity contribution in [2.24, 2.45) is 5.41 Å². The van der Waals surface area contributed by atoms with E-state index in [1.165, 1.54) is 25.1 Å². The number of aryl methyl sites for hydroxylation is 1. The molecular weight excluding hydrogens is 385 g/mol. The summed E-state index contributed by atoms with van der Waals surface area (Å²) >= 11 is 0. The van der Waals surface area contributed by atoms with Gasteiger partial charge < -0.3 is 10.2 Å². The van der Waals surface area contributed by atoms with Crippen LogP contribution in [-0.4, -0.2) is 47.8 Å². The normalized spacial score (nSPS) is 12.3. The molecule has 6 nitrogen and oxygen atoms in total. The molecule has 2 rings (SSSR count). The van der Waals surface area contributed by atoms with Crippen LogP contribution in [0.3, 0.4) is 0 Å². The van der Waals surface area contributed by atoms with Crippen LogP contribution in [-0.2, 0) is 6.18 Å². The fraction of sp³-hybridized carbons (Fsp3) is 0.450. The van der Waals surface area contributed by atoms with E-state index in [9.17, 15) is 22.8 Å². The van der Waals surface area contributed by atoms with Gasteiger partial charge in [-0.1, -0.05) is 26.0 Å². The van der Waals surface area contributed by atoms with Gasteiger partial charge in [0.15, 0.2) is 5.69 Å². The van der Waals surface area contributed by atoms with E-state index in [1.807, 2.05) is 32.8 Å². The van der Waals surface area contributed by atoms with Crippen LogP contribution in [0.5, 0.6) is 0 Å². The summed E-state index contributed by atoms with van der Waals surface area (Å²) in [4.78, 5) is 26.8. The molecule has 0 atom stereocenters. The fourth-order valence-electron chi connectivity index (χ4n) is 3.16. The number of alkyl halides is 3. The lowest BCUT2D eigenvalue weighted by Gasteiger charge is -2.28. The van der Waals surface area contributed by atoms with Crippen LogP contribution in [0.2, 0.25) is 0 Å². The molecular formula is C20H25F3N4O2. The first-order chi connectivity index (χ1) is 13.3. The van der Waals surface area contributed by atoms with Crippen molar-refractivity contribution in [1.82, 2.24) is 20.0 Å². The third-order valence-electron chi connectivity index (χ3n) is 4.23. The van der Waals surface area contributed by atoms with Crippen LogP contribution in [0.4, 0.5) is 13.2 Å². The Labute approximate surface area is 167 Å². The number of rotatable bonds is 6. The fourth-order valence-corrected chi connectivity index (χ4v) is 3.16. The van der Waals surface area contributed by atoms with Crippen LogP contribution in [0.25, 0.3) is 5.69 Å². The third-order valence-corrected chi connectivity index (χ3v) is 4.23. The Hall–Kier alpha value is -2.68. The second-order valence-corrected chi connectivity index (χ2v) is 8.01. The first-order valence-corrected chi connectivity index (χ1v) is 9.02. The van der Waals surface area contributed by atoms with Gasteiger partial charge in [-0.3, -0.25) is 9.59 Å². The molecule has 158 valence electrons. The minimum absolute atomic E-state index is 0.191. The topological polar surface area (TPSA) is 67.2 Å². The molecule has 1 N–H and O–H groups in total. The third kappa shape index (κ3) is 5.66. The number of halogens is 3. The average Bonchev–Trinajstić information content (AvgIpc) is 2.58. The van der Waals surface area contributed by atoms with Gasteiger partial charge in [-0.2, -0.15) is 18.3 Å². The molecule has 2 aromatic rings. The van der Waals surface area contributed by atoms with Crippen molar-refractivity contribution in [1.29, 1.82) is 0 Å². The maximum Gasteiger partial charge on any atom is 0.418 e. The van der Waals surface area contributed by atoms with E-state index in [2.05, 4.69) is 10.4 Å². The van der Waals surface area contributed by atoms with Crippen molar-refractivity contribution < 1.29 is 18.0 Å². The standard InChI is InChI=1S/C20H25F3N4O2/c1-13-10-16(28)17(18(29)24-11-19(2,3)12-26(4)5)25-27(13)15-9-7-6-8-14(15)20(21,22)23/h6-10H,11-12H2,1-5H3,(H,24,29). The zero-order chi connectivity index (χ0) is 22.0. The van der Waals surface area contributed by atoms with E-state index in [0.29, 0.717) is 6.54 Å². The molecule has 29 heavy (non-hydrogen) atoms. The summed E-state index contributed by atoms with van der Waals surface area (Å²) in [5, 5.41) is 6.62. The smallest absolute Gasteiger partial charge is 0.350 e. The number of carbonyl (C=O) groups is 1. The summed E-state index contributed by atoms with van der Waals surface area (Å²) in [7, 11) is 3.81. The first-order valence-electron chi connectivity index (χ1n) is 9.02. The van der Waals surface area contributed by atoms with E-state index in [-0.39, 0.29) is 23.3 Å². The molecule has 0 spiro atoms. The van der Waals surface area contributed by atoms with Crippen molar-refractivity contribution in [2.75, 3.05) is 27.2 Å². The second kappa shape index (κ2) is 8.36. The molecule has 0 fully saturated rings.